The first-order valence-electron chi connectivity index (χ1n) is 8.58. The normalized spacial score (nSPS) is 45.2. The Kier molecular flexibility index (Phi) is 4.63. The number of carbonyl (C=O) groups is 1. The summed E-state index contributed by atoms with van der Waals surface area (Å²) in [5, 5.41) is 21.6. The van der Waals surface area contributed by atoms with Crippen molar-refractivity contribution in [1.29, 1.82) is 0 Å². The summed E-state index contributed by atoms with van der Waals surface area (Å²) in [5.74, 6) is 0.377. The quantitative estimate of drug-likeness (QED) is 0.620. The predicted molar refractivity (Wildman–Crippen MR) is 88.4 cm³/mol. The maximum absolute atomic E-state index is 11.0. The smallest absolute Gasteiger partial charge is 0.145 e. The number of fused-ring (bicyclic) bond motifs is 1. The van der Waals surface area contributed by atoms with Gasteiger partial charge in [0.1, 0.15) is 6.29 Å². The van der Waals surface area contributed by atoms with E-state index in [1.54, 1.807) is 13.8 Å². The molecule has 0 spiro atoms. The fourth-order valence-electron chi connectivity index (χ4n) is 5.39. The van der Waals surface area contributed by atoms with E-state index in [4.69, 9.17) is 0 Å². The molecular weight excluding hydrogens is 276 g/mol. The predicted octanol–water partition coefficient (Wildman–Crippen LogP) is 3.49. The Balaban J connectivity index is 2.42. The van der Waals surface area contributed by atoms with Crippen molar-refractivity contribution in [3.8, 4) is 0 Å². The van der Waals surface area contributed by atoms with Crippen LogP contribution in [-0.2, 0) is 4.79 Å². The van der Waals surface area contributed by atoms with Crippen molar-refractivity contribution in [2.45, 2.75) is 78.4 Å². The first-order chi connectivity index (χ1) is 10.1. The van der Waals surface area contributed by atoms with Crippen LogP contribution in [-0.4, -0.2) is 28.2 Å². The zero-order chi connectivity index (χ0) is 16.8. The van der Waals surface area contributed by atoms with Crippen molar-refractivity contribution in [3.05, 3.63) is 11.6 Å². The van der Waals surface area contributed by atoms with Gasteiger partial charge in [-0.1, -0.05) is 33.3 Å². The molecule has 0 aromatic rings. The van der Waals surface area contributed by atoms with Crippen molar-refractivity contribution < 1.29 is 15.0 Å². The molecule has 2 fully saturated rings. The Bertz CT molecular complexity index is 463. The van der Waals surface area contributed by atoms with Crippen LogP contribution >= 0.6 is 0 Å². The Morgan fingerprint density at radius 3 is 2.45 bits per heavy atom. The Morgan fingerprint density at radius 2 is 1.86 bits per heavy atom. The number of aliphatic hydroxyl groups excluding tert-OH is 1. The fourth-order valence-corrected chi connectivity index (χ4v) is 5.39. The van der Waals surface area contributed by atoms with E-state index in [1.807, 2.05) is 6.08 Å². The molecule has 2 rings (SSSR count). The molecule has 5 atom stereocenters. The van der Waals surface area contributed by atoms with Gasteiger partial charge in [0.05, 0.1) is 11.7 Å². The minimum absolute atomic E-state index is 0.00411. The molecule has 3 heteroatoms. The molecular formula is C19H32O3. The Morgan fingerprint density at radius 1 is 1.23 bits per heavy atom. The molecule has 3 nitrogen and oxygen atoms in total. The van der Waals surface area contributed by atoms with E-state index in [0.717, 1.165) is 12.7 Å². The van der Waals surface area contributed by atoms with Crippen molar-refractivity contribution >= 4 is 6.29 Å². The lowest BCUT2D eigenvalue weighted by Gasteiger charge is -2.62. The molecule has 0 unspecified atom stereocenters. The first-order valence-corrected chi connectivity index (χ1v) is 8.58. The van der Waals surface area contributed by atoms with Crippen LogP contribution in [0.4, 0.5) is 0 Å². The summed E-state index contributed by atoms with van der Waals surface area (Å²) in [6.45, 7) is 10.4. The Labute approximate surface area is 134 Å². The van der Waals surface area contributed by atoms with Crippen LogP contribution < -0.4 is 0 Å². The number of aliphatic hydroxyl groups is 2. The maximum atomic E-state index is 11.0. The number of hydrogen-bond donors (Lipinski definition) is 2. The van der Waals surface area contributed by atoms with Gasteiger partial charge in [-0.3, -0.25) is 4.79 Å². The number of aldehydes is 1. The molecule has 0 radical (unpaired) electrons. The summed E-state index contributed by atoms with van der Waals surface area (Å²) in [6.07, 6.45) is 6.84. The van der Waals surface area contributed by atoms with Crippen molar-refractivity contribution in [3.63, 3.8) is 0 Å². The van der Waals surface area contributed by atoms with Gasteiger partial charge in [-0.2, -0.15) is 0 Å². The molecule has 126 valence electrons. The second-order valence-electron chi connectivity index (χ2n) is 8.73. The molecule has 0 aromatic carbocycles. The largest absolute Gasteiger partial charge is 0.390 e. The van der Waals surface area contributed by atoms with Gasteiger partial charge in [0.2, 0.25) is 0 Å². The molecule has 2 aliphatic carbocycles. The van der Waals surface area contributed by atoms with E-state index in [1.165, 1.54) is 12.8 Å². The van der Waals surface area contributed by atoms with E-state index in [9.17, 15) is 15.0 Å². The molecule has 0 saturated heterocycles. The van der Waals surface area contributed by atoms with Crippen molar-refractivity contribution in [1.82, 2.24) is 0 Å². The minimum atomic E-state index is -1.10. The molecule has 0 amide bonds. The first kappa shape index (κ1) is 17.7. The van der Waals surface area contributed by atoms with Gasteiger partial charge in [-0.15, -0.1) is 0 Å². The zero-order valence-corrected chi connectivity index (χ0v) is 14.7. The van der Waals surface area contributed by atoms with Crippen LogP contribution in [0.25, 0.3) is 0 Å². The van der Waals surface area contributed by atoms with Gasteiger partial charge < -0.3 is 10.2 Å². The summed E-state index contributed by atoms with van der Waals surface area (Å²) in [7, 11) is 0. The summed E-state index contributed by atoms with van der Waals surface area (Å²) in [6, 6.07) is 0. The summed E-state index contributed by atoms with van der Waals surface area (Å²) >= 11 is 0. The Hall–Kier alpha value is -0.670. The molecule has 2 aliphatic rings. The zero-order valence-electron chi connectivity index (χ0n) is 14.7. The highest BCUT2D eigenvalue weighted by Crippen LogP contribution is 2.62. The van der Waals surface area contributed by atoms with Gasteiger partial charge in [0.15, 0.2) is 0 Å². The average molecular weight is 308 g/mol. The van der Waals surface area contributed by atoms with Crippen LogP contribution in [0.15, 0.2) is 11.6 Å². The summed E-state index contributed by atoms with van der Waals surface area (Å²) in [4.78, 5) is 10.9. The molecule has 22 heavy (non-hydrogen) atoms. The highest BCUT2D eigenvalue weighted by molar-refractivity contribution is 5.71. The second-order valence-corrected chi connectivity index (χ2v) is 8.73. The van der Waals surface area contributed by atoms with Gasteiger partial charge >= 0.3 is 0 Å². The van der Waals surface area contributed by atoms with Gasteiger partial charge in [0.25, 0.3) is 0 Å². The summed E-state index contributed by atoms with van der Waals surface area (Å²) < 4.78 is 0. The summed E-state index contributed by atoms with van der Waals surface area (Å²) in [5.41, 5.74) is -0.208. The number of hydrogen-bond acceptors (Lipinski definition) is 3. The number of rotatable bonds is 3. The minimum Gasteiger partial charge on any atom is -0.390 e. The highest BCUT2D eigenvalue weighted by atomic mass is 16.3. The van der Waals surface area contributed by atoms with Gasteiger partial charge in [0, 0.05) is 0 Å². The lowest BCUT2D eigenvalue weighted by atomic mass is 9.44. The molecule has 0 aliphatic heterocycles. The SMILES string of the molecule is C/C(C=O)=C\C[C@H]1[C@](C)(O)[C@@H](O)C[C@H]2C(C)(C)CCC[C@@]21C. The lowest BCUT2D eigenvalue weighted by Crippen LogP contribution is -2.63. The molecule has 0 bridgehead atoms. The lowest BCUT2D eigenvalue weighted by molar-refractivity contribution is -0.217. The van der Waals surface area contributed by atoms with Crippen LogP contribution in [0.1, 0.15) is 66.7 Å². The maximum Gasteiger partial charge on any atom is 0.145 e. The van der Waals surface area contributed by atoms with Crippen LogP contribution in [0.3, 0.4) is 0 Å². The molecule has 2 N–H and O–H groups in total. The van der Waals surface area contributed by atoms with Crippen LogP contribution in [0, 0.1) is 22.7 Å². The fraction of sp³-hybridized carbons (Fsp3) is 0.842. The molecule has 0 heterocycles. The third-order valence-electron chi connectivity index (χ3n) is 6.77. The van der Waals surface area contributed by atoms with Crippen LogP contribution in [0.5, 0.6) is 0 Å². The monoisotopic (exact) mass is 308 g/mol. The van der Waals surface area contributed by atoms with Gasteiger partial charge in [-0.05, 0) is 67.8 Å². The average Bonchev–Trinajstić information content (AvgIpc) is 2.40. The second kappa shape index (κ2) is 5.76. The number of allylic oxidation sites excluding steroid dienone is 2. The van der Waals surface area contributed by atoms with Gasteiger partial charge in [-0.25, -0.2) is 0 Å². The molecule has 0 aromatic heterocycles. The van der Waals surface area contributed by atoms with E-state index in [-0.39, 0.29) is 16.7 Å². The third kappa shape index (κ3) is 2.78. The standard InChI is InChI=1S/C19H32O3/c1-13(12-20)7-8-14-18(4)10-6-9-17(2,3)15(18)11-16(21)19(14,5)22/h7,12,14-16,21-22H,6,8-11H2,1-5H3/b13-7+/t14-,15+,16+,18-,19+/m1/s1. The van der Waals surface area contributed by atoms with E-state index < -0.39 is 11.7 Å². The third-order valence-corrected chi connectivity index (χ3v) is 6.77. The topological polar surface area (TPSA) is 57.5 Å². The van der Waals surface area contributed by atoms with Crippen LogP contribution in [0.2, 0.25) is 0 Å². The number of carbonyl (C=O) groups excluding carboxylic acids is 1. The van der Waals surface area contributed by atoms with E-state index in [2.05, 4.69) is 20.8 Å². The highest BCUT2D eigenvalue weighted by Gasteiger charge is 2.60. The van der Waals surface area contributed by atoms with E-state index in [0.29, 0.717) is 24.3 Å². The van der Waals surface area contributed by atoms with Crippen molar-refractivity contribution in [2.75, 3.05) is 0 Å². The van der Waals surface area contributed by atoms with Crippen molar-refractivity contribution in [2.24, 2.45) is 22.7 Å². The molecule has 2 saturated carbocycles. The van der Waals surface area contributed by atoms with E-state index >= 15 is 0 Å².